The molecule has 0 aromatic carbocycles. The van der Waals surface area contributed by atoms with E-state index in [1.165, 1.54) is 0 Å². The van der Waals surface area contributed by atoms with Gasteiger partial charge in [-0.05, 0) is 19.8 Å². The van der Waals surface area contributed by atoms with Gasteiger partial charge < -0.3 is 0 Å². The molecular weight excluding hydrogens is 120 g/mol. The van der Waals surface area contributed by atoms with Crippen LogP contribution in [0.3, 0.4) is 0 Å². The Kier molecular flexibility index (Phi) is 7.58. The predicted octanol–water partition coefficient (Wildman–Crippen LogP) is 3.48. The quantitative estimate of drug-likeness (QED) is 0.410. The first-order chi connectivity index (χ1) is 4.91. The van der Waals surface area contributed by atoms with Crippen LogP contribution in [0, 0.1) is 0 Å². The highest BCUT2D eigenvalue weighted by Crippen LogP contribution is 1.88. The molecule has 10 heavy (non-hydrogen) atoms. The van der Waals surface area contributed by atoms with E-state index in [1.807, 2.05) is 19.1 Å². The van der Waals surface area contributed by atoms with Crippen LogP contribution >= 0.6 is 0 Å². The summed E-state index contributed by atoms with van der Waals surface area (Å²) >= 11 is 0. The van der Waals surface area contributed by atoms with Gasteiger partial charge in [-0.2, -0.15) is 0 Å². The third-order valence-corrected chi connectivity index (χ3v) is 1.11. The summed E-state index contributed by atoms with van der Waals surface area (Å²) in [6.45, 7) is 4.17. The van der Waals surface area contributed by atoms with Crippen molar-refractivity contribution >= 4 is 0 Å². The highest BCUT2D eigenvalue weighted by Gasteiger charge is 1.67. The van der Waals surface area contributed by atoms with E-state index < -0.39 is 0 Å². The van der Waals surface area contributed by atoms with Crippen molar-refractivity contribution in [2.24, 2.45) is 0 Å². The molecule has 56 valence electrons. The molecule has 0 saturated carbocycles. The summed E-state index contributed by atoms with van der Waals surface area (Å²) in [6.07, 6.45) is 14.8. The van der Waals surface area contributed by atoms with Crippen LogP contribution in [0.2, 0.25) is 0 Å². The number of rotatable bonds is 4. The molecule has 0 amide bonds. The highest BCUT2D eigenvalue weighted by molar-refractivity contribution is 5.03. The Morgan fingerprint density at radius 3 is 2.40 bits per heavy atom. The molecule has 0 aliphatic rings. The zero-order valence-corrected chi connectivity index (χ0v) is 6.88. The fraction of sp³-hybridized carbons (Fsp3) is 0.400. The molecule has 0 N–H and O–H groups in total. The molecule has 0 unspecified atom stereocenters. The summed E-state index contributed by atoms with van der Waals surface area (Å²) < 4.78 is 0. The second-order valence-electron chi connectivity index (χ2n) is 2.07. The van der Waals surface area contributed by atoms with Crippen LogP contribution in [0.25, 0.3) is 0 Å². The maximum atomic E-state index is 2.18. The Morgan fingerprint density at radius 1 is 1.00 bits per heavy atom. The van der Waals surface area contributed by atoms with Gasteiger partial charge in [0.05, 0.1) is 0 Å². The normalized spacial score (nSPS) is 12.6. The summed E-state index contributed by atoms with van der Waals surface area (Å²) in [6, 6.07) is 0. The lowest BCUT2D eigenvalue weighted by molar-refractivity contribution is 1.20. The molecule has 0 heterocycles. The van der Waals surface area contributed by atoms with Crippen molar-refractivity contribution in [1.82, 2.24) is 0 Å². The fourth-order valence-corrected chi connectivity index (χ4v) is 0.610. The van der Waals surface area contributed by atoms with E-state index in [4.69, 9.17) is 0 Å². The second kappa shape index (κ2) is 8.22. The lowest BCUT2D eigenvalue weighted by Crippen LogP contribution is -1.57. The average Bonchev–Trinajstić information content (AvgIpc) is 1.97. The van der Waals surface area contributed by atoms with Crippen LogP contribution in [0.4, 0.5) is 0 Å². The van der Waals surface area contributed by atoms with Gasteiger partial charge in [-0.25, -0.2) is 0 Å². The molecule has 0 aliphatic carbocycles. The third kappa shape index (κ3) is 7.22. The van der Waals surface area contributed by atoms with Crippen LogP contribution in [0.15, 0.2) is 36.5 Å². The largest absolute Gasteiger partial charge is 0.0885 e. The topological polar surface area (TPSA) is 0 Å². The minimum atomic E-state index is 1.05. The van der Waals surface area contributed by atoms with Crippen LogP contribution < -0.4 is 0 Å². The van der Waals surface area contributed by atoms with E-state index >= 15 is 0 Å². The summed E-state index contributed by atoms with van der Waals surface area (Å²) in [5, 5.41) is 0. The molecule has 0 aromatic rings. The molecule has 0 atom stereocenters. The van der Waals surface area contributed by atoms with Crippen LogP contribution in [-0.4, -0.2) is 0 Å². The highest BCUT2D eigenvalue weighted by atomic mass is 13.7. The first kappa shape index (κ1) is 9.22. The maximum absolute atomic E-state index is 2.18. The summed E-state index contributed by atoms with van der Waals surface area (Å²) in [5.41, 5.74) is 0. The molecule has 0 aliphatic heterocycles. The SMILES string of the molecule is C/C=C/C=C/C/C=C/CC. The monoisotopic (exact) mass is 136 g/mol. The van der Waals surface area contributed by atoms with Crippen molar-refractivity contribution in [3.05, 3.63) is 36.5 Å². The molecule has 0 saturated heterocycles. The number of hydrogen-bond donors (Lipinski definition) is 0. The lowest BCUT2D eigenvalue weighted by Gasteiger charge is -1.78. The smallest absolute Gasteiger partial charge is 0.0166 e. The van der Waals surface area contributed by atoms with Gasteiger partial charge in [0.15, 0.2) is 0 Å². The van der Waals surface area contributed by atoms with Crippen molar-refractivity contribution in [3.8, 4) is 0 Å². The first-order valence-electron chi connectivity index (χ1n) is 3.84. The zero-order chi connectivity index (χ0) is 7.66. The van der Waals surface area contributed by atoms with Gasteiger partial charge in [-0.3, -0.25) is 0 Å². The first-order valence-corrected chi connectivity index (χ1v) is 3.84. The minimum Gasteiger partial charge on any atom is -0.0885 e. The van der Waals surface area contributed by atoms with Crippen LogP contribution in [0.1, 0.15) is 26.7 Å². The molecule has 0 rings (SSSR count). The predicted molar refractivity (Wildman–Crippen MR) is 48.0 cm³/mol. The average molecular weight is 136 g/mol. The second-order valence-corrected chi connectivity index (χ2v) is 2.07. The summed E-state index contributed by atoms with van der Waals surface area (Å²) in [7, 11) is 0. The summed E-state index contributed by atoms with van der Waals surface area (Å²) in [5.74, 6) is 0. The van der Waals surface area contributed by atoms with Crippen molar-refractivity contribution in [2.75, 3.05) is 0 Å². The molecule has 0 radical (unpaired) electrons. The van der Waals surface area contributed by atoms with Gasteiger partial charge in [-0.15, -0.1) is 0 Å². The number of hydrogen-bond acceptors (Lipinski definition) is 0. The van der Waals surface area contributed by atoms with Gasteiger partial charge in [0.2, 0.25) is 0 Å². The Morgan fingerprint density at radius 2 is 1.80 bits per heavy atom. The molecule has 0 fully saturated rings. The third-order valence-electron chi connectivity index (χ3n) is 1.11. The van der Waals surface area contributed by atoms with E-state index in [9.17, 15) is 0 Å². The van der Waals surface area contributed by atoms with Crippen molar-refractivity contribution in [1.29, 1.82) is 0 Å². The van der Waals surface area contributed by atoms with E-state index in [1.54, 1.807) is 0 Å². The van der Waals surface area contributed by atoms with Crippen LogP contribution in [0.5, 0.6) is 0 Å². The Hall–Kier alpha value is -0.780. The van der Waals surface area contributed by atoms with Gasteiger partial charge in [0.25, 0.3) is 0 Å². The molecule has 0 aromatic heterocycles. The molecule has 0 nitrogen and oxygen atoms in total. The van der Waals surface area contributed by atoms with Crippen LogP contribution in [-0.2, 0) is 0 Å². The Labute approximate surface area is 64.0 Å². The maximum Gasteiger partial charge on any atom is -0.0166 e. The van der Waals surface area contributed by atoms with Gasteiger partial charge >= 0.3 is 0 Å². The van der Waals surface area contributed by atoms with Gasteiger partial charge in [0, 0.05) is 0 Å². The number of allylic oxidation sites excluding steroid dienone is 6. The molecule has 0 bridgehead atoms. The van der Waals surface area contributed by atoms with Crippen molar-refractivity contribution in [2.45, 2.75) is 26.7 Å². The van der Waals surface area contributed by atoms with Crippen molar-refractivity contribution in [3.63, 3.8) is 0 Å². The van der Waals surface area contributed by atoms with Gasteiger partial charge in [-0.1, -0.05) is 43.4 Å². The molecule has 0 heteroatoms. The molecular formula is C10H16. The Bertz CT molecular complexity index is 127. The lowest BCUT2D eigenvalue weighted by atomic mass is 10.3. The summed E-state index contributed by atoms with van der Waals surface area (Å²) in [4.78, 5) is 0. The molecule has 0 spiro atoms. The van der Waals surface area contributed by atoms with E-state index in [0.29, 0.717) is 0 Å². The zero-order valence-electron chi connectivity index (χ0n) is 6.88. The standard InChI is InChI=1S/C10H16/c1-3-5-7-9-10-8-6-4-2/h3,5-9H,4,10H2,1-2H3/b5-3+,8-6+,9-7+. The minimum absolute atomic E-state index is 1.05. The van der Waals surface area contributed by atoms with Crippen molar-refractivity contribution < 1.29 is 0 Å². The van der Waals surface area contributed by atoms with Gasteiger partial charge in [0.1, 0.15) is 0 Å². The van der Waals surface area contributed by atoms with E-state index in [-0.39, 0.29) is 0 Å². The Balaban J connectivity index is 3.26. The fourth-order valence-electron chi connectivity index (χ4n) is 0.610. The van der Waals surface area contributed by atoms with E-state index in [0.717, 1.165) is 12.8 Å². The van der Waals surface area contributed by atoms with E-state index in [2.05, 4.69) is 31.2 Å².